The van der Waals surface area contributed by atoms with Crippen LogP contribution in [0.4, 0.5) is 0 Å². The highest BCUT2D eigenvalue weighted by Crippen LogP contribution is 2.31. The smallest absolute Gasteiger partial charge is 0.0524 e. The molecule has 17 heavy (non-hydrogen) atoms. The van der Waals surface area contributed by atoms with Crippen LogP contribution in [-0.4, -0.2) is 49.3 Å². The first kappa shape index (κ1) is 11.9. The Labute approximate surface area is 105 Å². The predicted octanol–water partition coefficient (Wildman–Crippen LogP) is 1.63. The van der Waals surface area contributed by atoms with Crippen molar-refractivity contribution in [3.05, 3.63) is 0 Å². The molecule has 0 radical (unpaired) electrons. The normalized spacial score (nSPS) is 43.6. The van der Waals surface area contributed by atoms with E-state index >= 15 is 0 Å². The van der Waals surface area contributed by atoms with E-state index in [1.54, 1.807) is 0 Å². The van der Waals surface area contributed by atoms with Crippen molar-refractivity contribution in [3.63, 3.8) is 0 Å². The number of nitrogens with zero attached hydrogens (tertiary/aromatic N) is 1. The lowest BCUT2D eigenvalue weighted by Gasteiger charge is -2.43. The Kier molecular flexibility index (Phi) is 3.69. The molecule has 3 aliphatic heterocycles. The maximum absolute atomic E-state index is 5.74. The topological polar surface area (TPSA) is 24.5 Å². The Hall–Kier alpha value is -0.120. The van der Waals surface area contributed by atoms with Crippen LogP contribution < -0.4 is 5.32 Å². The third-order valence-corrected chi connectivity index (χ3v) is 5.03. The van der Waals surface area contributed by atoms with Crippen LogP contribution in [-0.2, 0) is 4.74 Å². The van der Waals surface area contributed by atoms with Gasteiger partial charge in [-0.3, -0.25) is 4.90 Å². The predicted molar refractivity (Wildman–Crippen MR) is 69.1 cm³/mol. The summed E-state index contributed by atoms with van der Waals surface area (Å²) in [6, 6.07) is 2.25. The molecule has 3 heterocycles. The van der Waals surface area contributed by atoms with Gasteiger partial charge >= 0.3 is 0 Å². The lowest BCUT2D eigenvalue weighted by molar-refractivity contribution is -0.0111. The minimum Gasteiger partial charge on any atom is -0.381 e. The summed E-state index contributed by atoms with van der Waals surface area (Å²) in [5.74, 6) is 0.719. The minimum absolute atomic E-state index is 0.708. The summed E-state index contributed by atoms with van der Waals surface area (Å²) in [6.07, 6.45) is 6.70. The second kappa shape index (κ2) is 5.25. The van der Waals surface area contributed by atoms with Gasteiger partial charge in [0.15, 0.2) is 0 Å². The third kappa shape index (κ3) is 2.25. The van der Waals surface area contributed by atoms with Gasteiger partial charge in [0.25, 0.3) is 0 Å². The number of fused-ring (bicyclic) bond motifs is 2. The average molecular weight is 238 g/mol. The number of ether oxygens (including phenoxy) is 1. The van der Waals surface area contributed by atoms with Crippen LogP contribution >= 0.6 is 0 Å². The second-order valence-electron chi connectivity index (χ2n) is 5.91. The zero-order valence-electron chi connectivity index (χ0n) is 11.0. The van der Waals surface area contributed by atoms with Crippen LogP contribution in [0, 0.1) is 5.92 Å². The Morgan fingerprint density at radius 2 is 2.24 bits per heavy atom. The average Bonchev–Trinajstić information content (AvgIpc) is 2.55. The quantitative estimate of drug-likeness (QED) is 0.751. The first-order chi connectivity index (χ1) is 8.40. The highest BCUT2D eigenvalue weighted by Gasteiger charge is 2.40. The molecule has 4 atom stereocenters. The van der Waals surface area contributed by atoms with Gasteiger partial charge in [0.2, 0.25) is 0 Å². The van der Waals surface area contributed by atoms with Gasteiger partial charge in [0.1, 0.15) is 0 Å². The Balaban J connectivity index is 1.81. The first-order valence-corrected chi connectivity index (χ1v) is 7.47. The van der Waals surface area contributed by atoms with Crippen molar-refractivity contribution in [2.45, 2.75) is 57.2 Å². The third-order valence-electron chi connectivity index (χ3n) is 5.03. The first-order valence-electron chi connectivity index (χ1n) is 7.47. The molecule has 0 amide bonds. The summed E-state index contributed by atoms with van der Waals surface area (Å²) in [5.41, 5.74) is 0. The highest BCUT2D eigenvalue weighted by molar-refractivity contribution is 4.96. The molecule has 1 N–H and O–H groups in total. The maximum Gasteiger partial charge on any atom is 0.0524 e. The van der Waals surface area contributed by atoms with E-state index in [4.69, 9.17) is 4.74 Å². The summed E-state index contributed by atoms with van der Waals surface area (Å²) in [5, 5.41) is 3.83. The molecule has 3 saturated heterocycles. The fourth-order valence-corrected chi connectivity index (χ4v) is 4.14. The summed E-state index contributed by atoms with van der Waals surface area (Å²) in [6.45, 7) is 6.80. The van der Waals surface area contributed by atoms with E-state index in [0.29, 0.717) is 6.04 Å². The van der Waals surface area contributed by atoms with E-state index in [0.717, 1.165) is 31.2 Å². The van der Waals surface area contributed by atoms with E-state index < -0.39 is 0 Å². The minimum atomic E-state index is 0.708. The molecule has 3 heteroatoms. The Bertz CT molecular complexity index is 235. The van der Waals surface area contributed by atoms with Gasteiger partial charge in [0.05, 0.1) is 6.61 Å². The zero-order valence-corrected chi connectivity index (χ0v) is 11.0. The van der Waals surface area contributed by atoms with Gasteiger partial charge in [-0.1, -0.05) is 13.3 Å². The van der Waals surface area contributed by atoms with Crippen molar-refractivity contribution in [3.8, 4) is 0 Å². The van der Waals surface area contributed by atoms with Gasteiger partial charge in [-0.15, -0.1) is 0 Å². The molecule has 98 valence electrons. The number of hydrogen-bond acceptors (Lipinski definition) is 3. The van der Waals surface area contributed by atoms with E-state index in [1.807, 2.05) is 0 Å². The van der Waals surface area contributed by atoms with Gasteiger partial charge in [-0.2, -0.15) is 0 Å². The van der Waals surface area contributed by atoms with E-state index in [9.17, 15) is 0 Å². The summed E-state index contributed by atoms with van der Waals surface area (Å²) >= 11 is 0. The van der Waals surface area contributed by atoms with Crippen LogP contribution in [0.25, 0.3) is 0 Å². The van der Waals surface area contributed by atoms with Gasteiger partial charge in [-0.25, -0.2) is 0 Å². The fraction of sp³-hybridized carbons (Fsp3) is 1.00. The molecule has 0 bridgehead atoms. The number of piperidine rings is 1. The van der Waals surface area contributed by atoms with Gasteiger partial charge in [0, 0.05) is 37.2 Å². The molecule has 3 nitrogen and oxygen atoms in total. The highest BCUT2D eigenvalue weighted by atomic mass is 16.5. The molecule has 2 unspecified atom stereocenters. The van der Waals surface area contributed by atoms with E-state index in [-0.39, 0.29) is 0 Å². The lowest BCUT2D eigenvalue weighted by Crippen LogP contribution is -2.51. The van der Waals surface area contributed by atoms with Crippen molar-refractivity contribution in [2.24, 2.45) is 5.92 Å². The number of hydrogen-bond donors (Lipinski definition) is 1. The molecule has 3 aliphatic rings. The van der Waals surface area contributed by atoms with Crippen molar-refractivity contribution in [1.82, 2.24) is 10.2 Å². The van der Waals surface area contributed by atoms with Crippen molar-refractivity contribution < 1.29 is 4.74 Å². The fourth-order valence-electron chi connectivity index (χ4n) is 4.14. The maximum atomic E-state index is 5.74. The Morgan fingerprint density at radius 1 is 1.29 bits per heavy atom. The number of rotatable bonds is 1. The summed E-state index contributed by atoms with van der Waals surface area (Å²) < 4.78 is 5.74. The number of nitrogens with one attached hydrogen (secondary N) is 1. The monoisotopic (exact) mass is 238 g/mol. The van der Waals surface area contributed by atoms with E-state index in [1.165, 1.54) is 45.2 Å². The van der Waals surface area contributed by atoms with Crippen LogP contribution in [0.5, 0.6) is 0 Å². The zero-order chi connectivity index (χ0) is 11.7. The Morgan fingerprint density at radius 3 is 3.12 bits per heavy atom. The molecular formula is C14H26N2O. The van der Waals surface area contributed by atoms with E-state index in [2.05, 4.69) is 17.1 Å². The van der Waals surface area contributed by atoms with Crippen molar-refractivity contribution in [1.29, 1.82) is 0 Å². The van der Waals surface area contributed by atoms with Crippen LogP contribution in [0.3, 0.4) is 0 Å². The summed E-state index contributed by atoms with van der Waals surface area (Å²) in [7, 11) is 0. The molecule has 0 saturated carbocycles. The van der Waals surface area contributed by atoms with Crippen molar-refractivity contribution in [2.75, 3.05) is 26.3 Å². The van der Waals surface area contributed by atoms with Crippen molar-refractivity contribution >= 4 is 0 Å². The molecule has 0 aliphatic carbocycles. The summed E-state index contributed by atoms with van der Waals surface area (Å²) in [4.78, 5) is 2.80. The van der Waals surface area contributed by atoms with Crippen LogP contribution in [0.15, 0.2) is 0 Å². The largest absolute Gasteiger partial charge is 0.381 e. The lowest BCUT2D eigenvalue weighted by atomic mass is 9.86. The van der Waals surface area contributed by atoms with Crippen LogP contribution in [0.2, 0.25) is 0 Å². The molecule has 0 aromatic carbocycles. The molecule has 3 fully saturated rings. The molecular weight excluding hydrogens is 212 g/mol. The SMILES string of the molecule is CC[C@H]1[C@@H]2COCCC2NCC2CCCCN21. The van der Waals surface area contributed by atoms with Gasteiger partial charge in [-0.05, 0) is 32.2 Å². The molecule has 0 aromatic heterocycles. The standard InChI is InChI=1S/C14H26N2O/c1-2-14-12-10-17-8-6-13(12)15-9-11-5-3-4-7-16(11)14/h11-15H,2-10H2,1H3/t11?,12-,13?,14+/m1/s1. The van der Waals surface area contributed by atoms with Crippen LogP contribution in [0.1, 0.15) is 39.0 Å². The molecule has 3 rings (SSSR count). The molecule has 0 spiro atoms. The molecule has 0 aromatic rings. The second-order valence-corrected chi connectivity index (χ2v) is 5.91. The van der Waals surface area contributed by atoms with Gasteiger partial charge < -0.3 is 10.1 Å².